The van der Waals surface area contributed by atoms with Crippen LogP contribution in [0.4, 0.5) is 4.39 Å². The van der Waals surface area contributed by atoms with Gasteiger partial charge in [-0.15, -0.1) is 0 Å². The molecular formula is C16H14ClFN2O. The van der Waals surface area contributed by atoms with Crippen molar-refractivity contribution in [1.82, 2.24) is 9.55 Å². The molecule has 0 spiro atoms. The molecule has 5 heteroatoms. The highest BCUT2D eigenvalue weighted by Crippen LogP contribution is 2.24. The van der Waals surface area contributed by atoms with Crippen LogP contribution in [0.5, 0.6) is 0 Å². The number of rotatable bonds is 4. The summed E-state index contributed by atoms with van der Waals surface area (Å²) in [7, 11) is 0. The number of aliphatic hydroxyl groups excluding tert-OH is 1. The molecular weight excluding hydrogens is 291 g/mol. The standard InChI is InChI=1S/C16H14ClFN2O/c17-12-4-3-5-13(18)11(12)10-20-15-7-2-1-6-14(15)19-16(20)8-9-21/h1-7,21H,8-10H2. The Morgan fingerprint density at radius 3 is 2.71 bits per heavy atom. The van der Waals surface area contributed by atoms with Gasteiger partial charge < -0.3 is 9.67 Å². The van der Waals surface area contributed by atoms with Gasteiger partial charge in [-0.25, -0.2) is 9.37 Å². The lowest BCUT2D eigenvalue weighted by atomic mass is 10.2. The van der Waals surface area contributed by atoms with Gasteiger partial charge in [-0.2, -0.15) is 0 Å². The second-order valence-corrected chi connectivity index (χ2v) is 5.18. The third-order valence-corrected chi connectivity index (χ3v) is 3.80. The molecule has 0 unspecified atom stereocenters. The topological polar surface area (TPSA) is 38.1 Å². The zero-order valence-electron chi connectivity index (χ0n) is 11.3. The highest BCUT2D eigenvalue weighted by atomic mass is 35.5. The second-order valence-electron chi connectivity index (χ2n) is 4.78. The Bertz CT molecular complexity index is 765. The molecule has 0 fully saturated rings. The molecule has 3 rings (SSSR count). The molecule has 0 atom stereocenters. The van der Waals surface area contributed by atoms with E-state index in [0.717, 1.165) is 16.9 Å². The number of benzene rings is 2. The van der Waals surface area contributed by atoms with Gasteiger partial charge in [0.25, 0.3) is 0 Å². The van der Waals surface area contributed by atoms with Crippen molar-refractivity contribution >= 4 is 22.6 Å². The zero-order valence-corrected chi connectivity index (χ0v) is 12.0. The summed E-state index contributed by atoms with van der Waals surface area (Å²) < 4.78 is 15.9. The molecule has 2 aromatic carbocycles. The number of para-hydroxylation sites is 2. The molecule has 0 bridgehead atoms. The van der Waals surface area contributed by atoms with Gasteiger partial charge in [-0.3, -0.25) is 0 Å². The first kappa shape index (κ1) is 14.0. The van der Waals surface area contributed by atoms with Crippen LogP contribution in [0.3, 0.4) is 0 Å². The Hall–Kier alpha value is -1.91. The van der Waals surface area contributed by atoms with Crippen molar-refractivity contribution in [3.63, 3.8) is 0 Å². The van der Waals surface area contributed by atoms with E-state index in [1.807, 2.05) is 28.8 Å². The summed E-state index contributed by atoms with van der Waals surface area (Å²) >= 11 is 6.10. The number of fused-ring (bicyclic) bond motifs is 1. The summed E-state index contributed by atoms with van der Waals surface area (Å²) in [5.41, 5.74) is 2.16. The quantitative estimate of drug-likeness (QED) is 0.802. The first-order chi connectivity index (χ1) is 10.2. The molecule has 108 valence electrons. The molecule has 0 amide bonds. The Kier molecular flexibility index (Phi) is 3.90. The Balaban J connectivity index is 2.12. The van der Waals surface area contributed by atoms with Crippen molar-refractivity contribution < 1.29 is 9.50 Å². The lowest BCUT2D eigenvalue weighted by Gasteiger charge is -2.11. The highest BCUT2D eigenvalue weighted by Gasteiger charge is 2.14. The van der Waals surface area contributed by atoms with Crippen LogP contribution >= 0.6 is 11.6 Å². The SMILES string of the molecule is OCCc1nc2ccccc2n1Cc1c(F)cccc1Cl. The van der Waals surface area contributed by atoms with E-state index in [9.17, 15) is 9.50 Å². The van der Waals surface area contributed by atoms with E-state index in [-0.39, 0.29) is 12.4 Å². The summed E-state index contributed by atoms with van der Waals surface area (Å²) in [6, 6.07) is 12.3. The Labute approximate surface area is 126 Å². The largest absolute Gasteiger partial charge is 0.396 e. The summed E-state index contributed by atoms with van der Waals surface area (Å²) in [6.45, 7) is 0.287. The maximum atomic E-state index is 14.0. The van der Waals surface area contributed by atoms with Gasteiger partial charge in [-0.1, -0.05) is 29.8 Å². The van der Waals surface area contributed by atoms with Gasteiger partial charge in [0, 0.05) is 17.0 Å². The summed E-state index contributed by atoms with van der Waals surface area (Å²) in [6.07, 6.45) is 0.417. The van der Waals surface area contributed by atoms with Crippen LogP contribution in [0.15, 0.2) is 42.5 Å². The van der Waals surface area contributed by atoms with Crippen molar-refractivity contribution in [2.45, 2.75) is 13.0 Å². The normalized spacial score (nSPS) is 11.2. The summed E-state index contributed by atoms with van der Waals surface area (Å²) in [5, 5.41) is 9.58. The average Bonchev–Trinajstić information content (AvgIpc) is 2.81. The van der Waals surface area contributed by atoms with Gasteiger partial charge in [-0.05, 0) is 24.3 Å². The predicted octanol–water partition coefficient (Wildman–Crippen LogP) is 3.41. The van der Waals surface area contributed by atoms with Gasteiger partial charge >= 0.3 is 0 Å². The summed E-state index contributed by atoms with van der Waals surface area (Å²) in [4.78, 5) is 4.50. The monoisotopic (exact) mass is 304 g/mol. The number of nitrogens with zero attached hydrogens (tertiary/aromatic N) is 2. The molecule has 1 aromatic heterocycles. The number of halogens is 2. The van der Waals surface area contributed by atoms with Crippen molar-refractivity contribution in [2.75, 3.05) is 6.61 Å². The van der Waals surface area contributed by atoms with E-state index >= 15 is 0 Å². The fourth-order valence-corrected chi connectivity index (χ4v) is 2.66. The van der Waals surface area contributed by atoms with Crippen LogP contribution in [0.1, 0.15) is 11.4 Å². The van der Waals surface area contributed by atoms with E-state index in [2.05, 4.69) is 4.98 Å². The van der Waals surface area contributed by atoms with E-state index in [1.54, 1.807) is 12.1 Å². The van der Waals surface area contributed by atoms with Crippen molar-refractivity contribution in [1.29, 1.82) is 0 Å². The van der Waals surface area contributed by atoms with Crippen LogP contribution in [0, 0.1) is 5.82 Å². The van der Waals surface area contributed by atoms with Gasteiger partial charge in [0.2, 0.25) is 0 Å². The lowest BCUT2D eigenvalue weighted by Crippen LogP contribution is -2.08. The molecule has 0 aliphatic heterocycles. The number of aliphatic hydroxyl groups is 1. The van der Waals surface area contributed by atoms with Crippen molar-refractivity contribution in [3.8, 4) is 0 Å². The van der Waals surface area contributed by atoms with E-state index in [0.29, 0.717) is 23.6 Å². The minimum Gasteiger partial charge on any atom is -0.396 e. The highest BCUT2D eigenvalue weighted by molar-refractivity contribution is 6.31. The molecule has 1 heterocycles. The second kappa shape index (κ2) is 5.84. The van der Waals surface area contributed by atoms with Gasteiger partial charge in [0.1, 0.15) is 11.6 Å². The van der Waals surface area contributed by atoms with E-state index in [1.165, 1.54) is 6.07 Å². The number of aromatic nitrogens is 2. The van der Waals surface area contributed by atoms with Crippen LogP contribution < -0.4 is 0 Å². The molecule has 3 nitrogen and oxygen atoms in total. The lowest BCUT2D eigenvalue weighted by molar-refractivity contribution is 0.295. The van der Waals surface area contributed by atoms with E-state index < -0.39 is 0 Å². The molecule has 0 aliphatic rings. The Morgan fingerprint density at radius 2 is 1.95 bits per heavy atom. The third-order valence-electron chi connectivity index (χ3n) is 3.45. The molecule has 21 heavy (non-hydrogen) atoms. The summed E-state index contributed by atoms with van der Waals surface area (Å²) in [5.74, 6) is 0.383. The molecule has 0 saturated heterocycles. The zero-order chi connectivity index (χ0) is 14.8. The van der Waals surface area contributed by atoms with Gasteiger partial charge in [0.05, 0.1) is 24.2 Å². The van der Waals surface area contributed by atoms with Crippen molar-refractivity contribution in [2.24, 2.45) is 0 Å². The van der Waals surface area contributed by atoms with Crippen molar-refractivity contribution in [3.05, 3.63) is 64.7 Å². The first-order valence-corrected chi connectivity index (χ1v) is 7.06. The Morgan fingerprint density at radius 1 is 1.14 bits per heavy atom. The van der Waals surface area contributed by atoms with Crippen LogP contribution in [-0.2, 0) is 13.0 Å². The fourth-order valence-electron chi connectivity index (χ4n) is 2.43. The maximum absolute atomic E-state index is 14.0. The molecule has 0 saturated carbocycles. The smallest absolute Gasteiger partial charge is 0.129 e. The van der Waals surface area contributed by atoms with Crippen LogP contribution in [0.25, 0.3) is 11.0 Å². The fraction of sp³-hybridized carbons (Fsp3) is 0.188. The maximum Gasteiger partial charge on any atom is 0.129 e. The van der Waals surface area contributed by atoms with Crippen LogP contribution in [-0.4, -0.2) is 21.3 Å². The number of hydrogen-bond donors (Lipinski definition) is 1. The minimum absolute atomic E-state index is 0.00563. The average molecular weight is 305 g/mol. The molecule has 3 aromatic rings. The predicted molar refractivity (Wildman–Crippen MR) is 81.0 cm³/mol. The molecule has 0 aliphatic carbocycles. The number of hydrogen-bond acceptors (Lipinski definition) is 2. The number of imidazole rings is 1. The van der Waals surface area contributed by atoms with Crippen LogP contribution in [0.2, 0.25) is 5.02 Å². The third kappa shape index (κ3) is 2.64. The molecule has 1 N–H and O–H groups in total. The first-order valence-electron chi connectivity index (χ1n) is 6.68. The van der Waals surface area contributed by atoms with E-state index in [4.69, 9.17) is 11.6 Å². The van der Waals surface area contributed by atoms with Gasteiger partial charge in [0.15, 0.2) is 0 Å². The molecule has 0 radical (unpaired) electrons. The minimum atomic E-state index is -0.338.